The van der Waals surface area contributed by atoms with Gasteiger partial charge in [-0.1, -0.05) is 31.2 Å². The Hall–Kier alpha value is -2.29. The minimum Gasteiger partial charge on any atom is -0.325 e. The Labute approximate surface area is 152 Å². The van der Waals surface area contributed by atoms with E-state index in [1.54, 1.807) is 0 Å². The molecule has 1 amide bonds. The minimum atomic E-state index is -4.47. The Morgan fingerprint density at radius 1 is 1.31 bits per heavy atom. The van der Waals surface area contributed by atoms with Crippen molar-refractivity contribution in [2.45, 2.75) is 37.5 Å². The highest BCUT2D eigenvalue weighted by Crippen LogP contribution is 2.30. The molecule has 0 atom stereocenters. The number of aromatic amines is 1. The smallest absolute Gasteiger partial charge is 0.325 e. The zero-order valence-electron chi connectivity index (χ0n) is 14.0. The summed E-state index contributed by atoms with van der Waals surface area (Å²) in [5, 5.41) is 2.72. The fourth-order valence-electron chi connectivity index (χ4n) is 2.14. The fraction of sp³-hybridized carbons (Fsp3) is 0.353. The number of carbonyl (C=O) groups excluding carboxylic acids is 1. The first-order chi connectivity index (χ1) is 12.3. The average Bonchev–Trinajstić information content (AvgIpc) is 2.57. The van der Waals surface area contributed by atoms with Crippen molar-refractivity contribution in [1.29, 1.82) is 0 Å². The average molecular weight is 385 g/mol. The molecule has 0 saturated heterocycles. The van der Waals surface area contributed by atoms with E-state index in [2.05, 4.69) is 15.3 Å². The highest BCUT2D eigenvalue weighted by molar-refractivity contribution is 7.99. The molecule has 0 spiro atoms. The summed E-state index contributed by atoms with van der Waals surface area (Å²) in [6.07, 6.45) is -1.94. The quantitative estimate of drug-likeness (QED) is 0.561. The minimum absolute atomic E-state index is 0.0589. The molecule has 0 aliphatic heterocycles. The van der Waals surface area contributed by atoms with Gasteiger partial charge >= 0.3 is 6.18 Å². The first-order valence-electron chi connectivity index (χ1n) is 7.98. The van der Waals surface area contributed by atoms with Gasteiger partial charge in [-0.2, -0.15) is 13.2 Å². The van der Waals surface area contributed by atoms with Gasteiger partial charge in [-0.3, -0.25) is 9.59 Å². The number of anilines is 1. The molecule has 1 aromatic heterocycles. The van der Waals surface area contributed by atoms with Crippen LogP contribution in [0.1, 0.15) is 31.0 Å². The van der Waals surface area contributed by atoms with Crippen LogP contribution in [-0.4, -0.2) is 21.6 Å². The number of hydrogen-bond donors (Lipinski definition) is 2. The highest BCUT2D eigenvalue weighted by Gasteiger charge is 2.30. The Morgan fingerprint density at radius 3 is 2.77 bits per heavy atom. The second-order valence-electron chi connectivity index (χ2n) is 5.56. The van der Waals surface area contributed by atoms with Crippen molar-refractivity contribution in [3.63, 3.8) is 0 Å². The lowest BCUT2D eigenvalue weighted by Gasteiger charge is -2.09. The predicted molar refractivity (Wildman–Crippen MR) is 94.3 cm³/mol. The number of halogens is 3. The van der Waals surface area contributed by atoms with Crippen LogP contribution < -0.4 is 10.9 Å². The molecule has 9 heteroatoms. The van der Waals surface area contributed by atoms with Crippen LogP contribution in [0.3, 0.4) is 0 Å². The Bertz CT molecular complexity index is 821. The number of aryl methyl sites for hydroxylation is 1. The molecule has 0 aliphatic rings. The van der Waals surface area contributed by atoms with Gasteiger partial charge in [-0.05, 0) is 31.0 Å². The van der Waals surface area contributed by atoms with E-state index in [9.17, 15) is 22.8 Å². The standard InChI is InChI=1S/C17H18F3N3O2S/c1-2-3-6-13-9-14(24)23-16(22-13)26-10-15(25)21-12-7-4-5-11(8-12)17(18,19)20/h4-5,7-9H,2-3,6,10H2,1H3,(H,21,25)(H,22,23,24). The van der Waals surface area contributed by atoms with E-state index >= 15 is 0 Å². The third-order valence-electron chi connectivity index (χ3n) is 3.37. The monoisotopic (exact) mass is 385 g/mol. The summed E-state index contributed by atoms with van der Waals surface area (Å²) in [6.45, 7) is 2.03. The van der Waals surface area contributed by atoms with Gasteiger partial charge < -0.3 is 10.3 Å². The molecule has 0 fully saturated rings. The maximum absolute atomic E-state index is 12.7. The zero-order valence-corrected chi connectivity index (χ0v) is 14.8. The number of carbonyl (C=O) groups is 1. The lowest BCUT2D eigenvalue weighted by molar-refractivity contribution is -0.137. The molecule has 2 N–H and O–H groups in total. The Balaban J connectivity index is 1.97. The van der Waals surface area contributed by atoms with Gasteiger partial charge in [0.05, 0.1) is 11.3 Å². The molecule has 0 radical (unpaired) electrons. The number of nitrogens with one attached hydrogen (secondary N) is 2. The van der Waals surface area contributed by atoms with Crippen molar-refractivity contribution in [2.75, 3.05) is 11.1 Å². The van der Waals surface area contributed by atoms with E-state index in [0.717, 1.165) is 36.7 Å². The van der Waals surface area contributed by atoms with Crippen LogP contribution in [0, 0.1) is 0 Å². The van der Waals surface area contributed by atoms with Crippen LogP contribution in [0.5, 0.6) is 0 Å². The summed E-state index contributed by atoms with van der Waals surface area (Å²) in [6, 6.07) is 5.82. The summed E-state index contributed by atoms with van der Waals surface area (Å²) < 4.78 is 38.0. The molecule has 1 heterocycles. The van der Waals surface area contributed by atoms with Crippen LogP contribution in [0.15, 0.2) is 40.3 Å². The Morgan fingerprint density at radius 2 is 2.08 bits per heavy atom. The van der Waals surface area contributed by atoms with Crippen molar-refractivity contribution in [3.8, 4) is 0 Å². The summed E-state index contributed by atoms with van der Waals surface area (Å²) >= 11 is 1.02. The maximum Gasteiger partial charge on any atom is 0.416 e. The lowest BCUT2D eigenvalue weighted by atomic mass is 10.2. The Kier molecular flexibility index (Phi) is 6.84. The number of H-pyrrole nitrogens is 1. The van der Waals surface area contributed by atoms with E-state index in [-0.39, 0.29) is 17.0 Å². The fourth-order valence-corrected chi connectivity index (χ4v) is 2.84. The maximum atomic E-state index is 12.7. The van der Waals surface area contributed by atoms with Crippen molar-refractivity contribution in [2.24, 2.45) is 0 Å². The van der Waals surface area contributed by atoms with Gasteiger partial charge in [-0.25, -0.2) is 4.98 Å². The van der Waals surface area contributed by atoms with Crippen molar-refractivity contribution in [1.82, 2.24) is 9.97 Å². The molecule has 26 heavy (non-hydrogen) atoms. The molecule has 140 valence electrons. The van der Waals surface area contributed by atoms with Gasteiger partial charge in [0.25, 0.3) is 5.56 Å². The third-order valence-corrected chi connectivity index (χ3v) is 4.25. The number of rotatable bonds is 7. The topological polar surface area (TPSA) is 74.8 Å². The van der Waals surface area contributed by atoms with Gasteiger partial charge in [0, 0.05) is 17.4 Å². The van der Waals surface area contributed by atoms with E-state index in [4.69, 9.17) is 0 Å². The number of aromatic nitrogens is 2. The molecule has 1 aromatic carbocycles. The molecule has 0 bridgehead atoms. The summed E-state index contributed by atoms with van der Waals surface area (Å²) in [5.41, 5.74) is -0.426. The molecule has 0 saturated carbocycles. The predicted octanol–water partition coefficient (Wildman–Crippen LogP) is 3.86. The van der Waals surface area contributed by atoms with Gasteiger partial charge in [-0.15, -0.1) is 0 Å². The van der Waals surface area contributed by atoms with Crippen LogP contribution in [-0.2, 0) is 17.4 Å². The number of benzene rings is 1. The van der Waals surface area contributed by atoms with Crippen molar-refractivity contribution < 1.29 is 18.0 Å². The first kappa shape index (κ1) is 20.0. The van der Waals surface area contributed by atoms with Crippen LogP contribution in [0.4, 0.5) is 18.9 Å². The first-order valence-corrected chi connectivity index (χ1v) is 8.96. The zero-order chi connectivity index (χ0) is 19.2. The van der Waals surface area contributed by atoms with E-state index < -0.39 is 17.6 Å². The van der Waals surface area contributed by atoms with Crippen molar-refractivity contribution in [3.05, 3.63) is 51.9 Å². The summed E-state index contributed by atoms with van der Waals surface area (Å²) in [7, 11) is 0. The van der Waals surface area contributed by atoms with Gasteiger partial charge in [0.2, 0.25) is 5.91 Å². The number of thioether (sulfide) groups is 1. The SMILES string of the molecule is CCCCc1cc(=O)[nH]c(SCC(=O)Nc2cccc(C(F)(F)F)c2)n1. The lowest BCUT2D eigenvalue weighted by Crippen LogP contribution is -2.16. The van der Waals surface area contributed by atoms with Gasteiger partial charge in [0.15, 0.2) is 5.16 Å². The second-order valence-corrected chi connectivity index (χ2v) is 6.52. The molecule has 2 aromatic rings. The normalized spacial score (nSPS) is 11.4. The molecule has 0 aliphatic carbocycles. The molecule has 2 rings (SSSR count). The van der Waals surface area contributed by atoms with Crippen LogP contribution in [0.2, 0.25) is 0 Å². The number of unbranched alkanes of at least 4 members (excludes halogenated alkanes) is 1. The van der Waals surface area contributed by atoms with Gasteiger partial charge in [0.1, 0.15) is 0 Å². The number of alkyl halides is 3. The van der Waals surface area contributed by atoms with E-state index in [1.165, 1.54) is 18.2 Å². The molecular formula is C17H18F3N3O2S. The molecular weight excluding hydrogens is 367 g/mol. The van der Waals surface area contributed by atoms with E-state index in [1.807, 2.05) is 6.92 Å². The summed E-state index contributed by atoms with van der Waals surface area (Å²) in [4.78, 5) is 30.4. The second kappa shape index (κ2) is 8.88. The molecule has 0 unspecified atom stereocenters. The highest BCUT2D eigenvalue weighted by atomic mass is 32.2. The number of hydrogen-bond acceptors (Lipinski definition) is 4. The largest absolute Gasteiger partial charge is 0.416 e. The van der Waals surface area contributed by atoms with E-state index in [0.29, 0.717) is 17.3 Å². The molecule has 5 nitrogen and oxygen atoms in total. The number of nitrogens with zero attached hydrogens (tertiary/aromatic N) is 1. The number of amides is 1. The summed E-state index contributed by atoms with van der Waals surface area (Å²) in [5.74, 6) is -0.577. The van der Waals surface area contributed by atoms with Crippen LogP contribution >= 0.6 is 11.8 Å². The van der Waals surface area contributed by atoms with Crippen LogP contribution in [0.25, 0.3) is 0 Å². The van der Waals surface area contributed by atoms with Crippen molar-refractivity contribution >= 4 is 23.4 Å². The third kappa shape index (κ3) is 6.21.